The summed E-state index contributed by atoms with van der Waals surface area (Å²) in [6.45, 7) is 1.98. The first-order valence-corrected chi connectivity index (χ1v) is 8.12. The van der Waals surface area contributed by atoms with Crippen molar-refractivity contribution in [2.24, 2.45) is 0 Å². The molecule has 1 N–H and O–H groups in total. The van der Waals surface area contributed by atoms with Gasteiger partial charge >= 0.3 is 12.2 Å². The minimum atomic E-state index is -4.34. The normalized spacial score (nSPS) is 18.6. The number of rotatable bonds is 5. The van der Waals surface area contributed by atoms with Gasteiger partial charge in [0, 0.05) is 26.2 Å². The fourth-order valence-corrected chi connectivity index (χ4v) is 2.97. The van der Waals surface area contributed by atoms with E-state index >= 15 is 0 Å². The molecule has 2 rings (SSSR count). The highest BCUT2D eigenvalue weighted by Gasteiger charge is 2.30. The number of urea groups is 1. The molecule has 7 heteroatoms. The van der Waals surface area contributed by atoms with Crippen molar-refractivity contribution in [3.05, 3.63) is 35.4 Å². The lowest BCUT2D eigenvalue weighted by Gasteiger charge is -2.21. The molecule has 0 unspecified atom stereocenters. The topological polar surface area (TPSA) is 35.6 Å². The fourth-order valence-electron chi connectivity index (χ4n) is 2.97. The summed E-state index contributed by atoms with van der Waals surface area (Å²) in [6.07, 6.45) is -1.07. The van der Waals surface area contributed by atoms with Gasteiger partial charge in [0.2, 0.25) is 0 Å². The summed E-state index contributed by atoms with van der Waals surface area (Å²) in [6, 6.07) is 5.19. The van der Waals surface area contributed by atoms with Gasteiger partial charge in [0.25, 0.3) is 0 Å². The fraction of sp³-hybridized carbons (Fsp3) is 0.588. The van der Waals surface area contributed by atoms with Crippen molar-refractivity contribution in [3.63, 3.8) is 0 Å². The van der Waals surface area contributed by atoms with Gasteiger partial charge in [-0.25, -0.2) is 4.79 Å². The summed E-state index contributed by atoms with van der Waals surface area (Å²) in [7, 11) is 3.73. The van der Waals surface area contributed by atoms with E-state index in [0.29, 0.717) is 18.2 Å². The molecule has 0 radical (unpaired) electrons. The minimum absolute atomic E-state index is 0.212. The number of nitrogens with one attached hydrogen (secondary N) is 1. The number of hydrogen-bond donors (Lipinski definition) is 1. The van der Waals surface area contributed by atoms with Gasteiger partial charge in [-0.2, -0.15) is 13.2 Å². The summed E-state index contributed by atoms with van der Waals surface area (Å²) in [4.78, 5) is 15.8. The SMILES string of the molecule is CN(Cc1ccc(C(F)(F)F)cc1)C(=O)NCC[C@@H]1CCCN1C. The quantitative estimate of drug-likeness (QED) is 0.890. The summed E-state index contributed by atoms with van der Waals surface area (Å²) in [5.41, 5.74) is -0.0183. The first-order valence-electron chi connectivity index (χ1n) is 8.12. The van der Waals surface area contributed by atoms with Crippen molar-refractivity contribution in [3.8, 4) is 0 Å². The third kappa shape index (κ3) is 5.12. The Hall–Kier alpha value is -1.76. The number of carbonyl (C=O) groups excluding carboxylic acids is 1. The van der Waals surface area contributed by atoms with Gasteiger partial charge in [-0.05, 0) is 50.6 Å². The van der Waals surface area contributed by atoms with E-state index in [9.17, 15) is 18.0 Å². The van der Waals surface area contributed by atoms with Gasteiger partial charge in [-0.3, -0.25) is 0 Å². The summed E-state index contributed by atoms with van der Waals surface area (Å²) in [5, 5.41) is 2.87. The maximum Gasteiger partial charge on any atom is 0.416 e. The summed E-state index contributed by atoms with van der Waals surface area (Å²) < 4.78 is 37.6. The molecule has 0 aromatic heterocycles. The van der Waals surface area contributed by atoms with Crippen LogP contribution in [0.2, 0.25) is 0 Å². The van der Waals surface area contributed by atoms with Crippen molar-refractivity contribution in [1.82, 2.24) is 15.1 Å². The number of carbonyl (C=O) groups is 1. The van der Waals surface area contributed by atoms with Crippen LogP contribution in [0.4, 0.5) is 18.0 Å². The van der Waals surface area contributed by atoms with Crippen molar-refractivity contribution < 1.29 is 18.0 Å². The molecule has 2 amide bonds. The van der Waals surface area contributed by atoms with Gasteiger partial charge in [0.15, 0.2) is 0 Å². The second-order valence-corrected chi connectivity index (χ2v) is 6.35. The van der Waals surface area contributed by atoms with E-state index in [1.807, 2.05) is 0 Å². The average molecular weight is 343 g/mol. The Morgan fingerprint density at radius 2 is 2.00 bits per heavy atom. The Bertz CT molecular complexity index is 545. The van der Waals surface area contributed by atoms with Crippen LogP contribution in [0.3, 0.4) is 0 Å². The van der Waals surface area contributed by atoms with Crippen LogP contribution in [-0.2, 0) is 12.7 Å². The van der Waals surface area contributed by atoms with Crippen LogP contribution in [0.5, 0.6) is 0 Å². The zero-order chi connectivity index (χ0) is 17.7. The molecule has 134 valence electrons. The van der Waals surface area contributed by atoms with Crippen LogP contribution in [0.15, 0.2) is 24.3 Å². The molecule has 0 bridgehead atoms. The van der Waals surface area contributed by atoms with E-state index in [2.05, 4.69) is 17.3 Å². The zero-order valence-electron chi connectivity index (χ0n) is 14.1. The van der Waals surface area contributed by atoms with E-state index in [1.165, 1.54) is 23.5 Å². The number of hydrogen-bond acceptors (Lipinski definition) is 2. The Labute approximate surface area is 140 Å². The van der Waals surface area contributed by atoms with Crippen LogP contribution < -0.4 is 5.32 Å². The third-order valence-corrected chi connectivity index (χ3v) is 4.47. The number of alkyl halides is 3. The van der Waals surface area contributed by atoms with Crippen LogP contribution in [0.1, 0.15) is 30.4 Å². The van der Waals surface area contributed by atoms with Crippen LogP contribution in [-0.4, -0.2) is 49.1 Å². The number of benzene rings is 1. The highest BCUT2D eigenvalue weighted by molar-refractivity contribution is 5.73. The van der Waals surface area contributed by atoms with E-state index in [1.54, 1.807) is 7.05 Å². The molecule has 1 aliphatic rings. The average Bonchev–Trinajstić information content (AvgIpc) is 2.92. The molecule has 1 aliphatic heterocycles. The Kier molecular flexibility index (Phi) is 6.10. The monoisotopic (exact) mass is 343 g/mol. The first-order chi connectivity index (χ1) is 11.3. The number of nitrogens with zero attached hydrogens (tertiary/aromatic N) is 2. The maximum absolute atomic E-state index is 12.5. The third-order valence-electron chi connectivity index (χ3n) is 4.47. The predicted molar refractivity (Wildman–Crippen MR) is 86.6 cm³/mol. The largest absolute Gasteiger partial charge is 0.416 e. The van der Waals surface area contributed by atoms with Crippen LogP contribution in [0, 0.1) is 0 Å². The maximum atomic E-state index is 12.5. The molecule has 24 heavy (non-hydrogen) atoms. The van der Waals surface area contributed by atoms with E-state index in [0.717, 1.165) is 31.5 Å². The molecule has 4 nitrogen and oxygen atoms in total. The number of likely N-dealkylation sites (tertiary alicyclic amines) is 1. The Morgan fingerprint density at radius 3 is 2.54 bits per heavy atom. The molecule has 1 fully saturated rings. The molecule has 1 atom stereocenters. The zero-order valence-corrected chi connectivity index (χ0v) is 14.1. The Balaban J connectivity index is 1.76. The van der Waals surface area contributed by atoms with Gasteiger partial charge in [0.1, 0.15) is 0 Å². The lowest BCUT2D eigenvalue weighted by atomic mass is 10.1. The van der Waals surface area contributed by atoms with Gasteiger partial charge in [-0.15, -0.1) is 0 Å². The Morgan fingerprint density at radius 1 is 1.33 bits per heavy atom. The molecule has 0 spiro atoms. The highest BCUT2D eigenvalue weighted by Crippen LogP contribution is 2.29. The van der Waals surface area contributed by atoms with Crippen molar-refractivity contribution in [2.75, 3.05) is 27.2 Å². The molecule has 0 aliphatic carbocycles. The van der Waals surface area contributed by atoms with Crippen molar-refractivity contribution in [1.29, 1.82) is 0 Å². The smallest absolute Gasteiger partial charge is 0.338 e. The van der Waals surface area contributed by atoms with E-state index in [4.69, 9.17) is 0 Å². The van der Waals surface area contributed by atoms with E-state index in [-0.39, 0.29) is 12.6 Å². The molecule has 0 saturated carbocycles. The number of amides is 2. The molecule has 1 aromatic carbocycles. The number of halogens is 3. The van der Waals surface area contributed by atoms with Crippen LogP contribution >= 0.6 is 0 Å². The van der Waals surface area contributed by atoms with Gasteiger partial charge in [0.05, 0.1) is 5.56 Å². The van der Waals surface area contributed by atoms with Gasteiger partial charge < -0.3 is 15.1 Å². The minimum Gasteiger partial charge on any atom is -0.338 e. The first kappa shape index (κ1) is 18.6. The molecule has 1 aromatic rings. The standard InChI is InChI=1S/C17H24F3N3O/c1-22-11-3-4-15(22)9-10-21-16(24)23(2)12-13-5-7-14(8-6-13)17(18,19)20/h5-8,15H,3-4,9-12H2,1-2H3,(H,21,24)/t15-/m0/s1. The lowest BCUT2D eigenvalue weighted by Crippen LogP contribution is -2.39. The molecular formula is C17H24F3N3O. The second kappa shape index (κ2) is 7.88. The van der Waals surface area contributed by atoms with Crippen molar-refractivity contribution >= 4 is 6.03 Å². The summed E-state index contributed by atoms with van der Waals surface area (Å²) in [5.74, 6) is 0. The van der Waals surface area contributed by atoms with Gasteiger partial charge in [-0.1, -0.05) is 12.1 Å². The second-order valence-electron chi connectivity index (χ2n) is 6.35. The molecular weight excluding hydrogens is 319 g/mol. The molecule has 1 heterocycles. The lowest BCUT2D eigenvalue weighted by molar-refractivity contribution is -0.137. The van der Waals surface area contributed by atoms with Crippen molar-refractivity contribution in [2.45, 2.75) is 38.0 Å². The summed E-state index contributed by atoms with van der Waals surface area (Å²) >= 11 is 0. The van der Waals surface area contributed by atoms with E-state index < -0.39 is 11.7 Å². The molecule has 1 saturated heterocycles. The van der Waals surface area contributed by atoms with Crippen LogP contribution in [0.25, 0.3) is 0 Å². The predicted octanol–water partition coefficient (Wildman–Crippen LogP) is 3.33. The highest BCUT2D eigenvalue weighted by atomic mass is 19.4.